The number of anilines is 2. The van der Waals surface area contributed by atoms with E-state index in [1.807, 2.05) is 13.0 Å². The highest BCUT2D eigenvalue weighted by molar-refractivity contribution is 5.94. The molecule has 1 unspecified atom stereocenters. The van der Waals surface area contributed by atoms with Crippen LogP contribution in [0.5, 0.6) is 11.5 Å². The first kappa shape index (κ1) is 18.0. The Hall–Kier alpha value is -2.83. The molecule has 0 saturated carbocycles. The number of piperidine rings is 1. The molecule has 0 aliphatic carbocycles. The summed E-state index contributed by atoms with van der Waals surface area (Å²) >= 11 is 0. The summed E-state index contributed by atoms with van der Waals surface area (Å²) in [5.41, 5.74) is 1.66. The Morgan fingerprint density at radius 2 is 1.88 bits per heavy atom. The molecule has 2 aromatic rings. The third-order valence-corrected chi connectivity index (χ3v) is 4.62. The molecule has 1 saturated heterocycles. The standard InChI is InChI=1S/C19H24N4O3/c1-13-10-16(25-2)17(26-3)11-15(13)22-18(24)14-6-4-9-23(12-14)19-20-7-5-8-21-19/h5,7-8,10-11,14H,4,6,9,12H2,1-3H3,(H,22,24). The van der Waals surface area contributed by atoms with Crippen LogP contribution in [0, 0.1) is 12.8 Å². The van der Waals surface area contributed by atoms with Crippen LogP contribution in [-0.2, 0) is 4.79 Å². The summed E-state index contributed by atoms with van der Waals surface area (Å²) in [6.45, 7) is 3.41. The molecule has 7 nitrogen and oxygen atoms in total. The molecule has 1 aliphatic rings. The first-order chi connectivity index (χ1) is 12.6. The molecule has 1 atom stereocenters. The fourth-order valence-corrected chi connectivity index (χ4v) is 3.18. The third kappa shape index (κ3) is 3.87. The number of hydrogen-bond acceptors (Lipinski definition) is 6. The van der Waals surface area contributed by atoms with Crippen molar-refractivity contribution < 1.29 is 14.3 Å². The van der Waals surface area contributed by atoms with Crippen LogP contribution < -0.4 is 19.7 Å². The number of carbonyl (C=O) groups excluding carboxylic acids is 1. The van der Waals surface area contributed by atoms with Crippen molar-refractivity contribution in [3.8, 4) is 11.5 Å². The van der Waals surface area contributed by atoms with E-state index in [4.69, 9.17) is 9.47 Å². The maximum Gasteiger partial charge on any atom is 0.229 e. The maximum absolute atomic E-state index is 12.8. The Balaban J connectivity index is 1.72. The van der Waals surface area contributed by atoms with E-state index in [9.17, 15) is 4.79 Å². The van der Waals surface area contributed by atoms with Crippen molar-refractivity contribution in [2.45, 2.75) is 19.8 Å². The molecular formula is C19H24N4O3. The molecule has 3 rings (SSSR count). The number of aromatic nitrogens is 2. The Kier molecular flexibility index (Phi) is 5.55. The van der Waals surface area contributed by atoms with Crippen molar-refractivity contribution in [1.29, 1.82) is 0 Å². The van der Waals surface area contributed by atoms with E-state index in [2.05, 4.69) is 20.2 Å². The number of benzene rings is 1. The molecule has 2 heterocycles. The number of methoxy groups -OCH3 is 2. The summed E-state index contributed by atoms with van der Waals surface area (Å²) < 4.78 is 10.6. The van der Waals surface area contributed by atoms with Crippen molar-refractivity contribution in [2.24, 2.45) is 5.92 Å². The van der Waals surface area contributed by atoms with E-state index < -0.39 is 0 Å². The third-order valence-electron chi connectivity index (χ3n) is 4.62. The second-order valence-corrected chi connectivity index (χ2v) is 6.35. The first-order valence-corrected chi connectivity index (χ1v) is 8.68. The number of nitrogens with one attached hydrogen (secondary N) is 1. The van der Waals surface area contributed by atoms with Crippen LogP contribution in [0.4, 0.5) is 11.6 Å². The van der Waals surface area contributed by atoms with Gasteiger partial charge in [0.05, 0.1) is 20.1 Å². The molecule has 1 aliphatic heterocycles. The Morgan fingerprint density at radius 3 is 2.58 bits per heavy atom. The molecule has 0 spiro atoms. The van der Waals surface area contributed by atoms with Crippen molar-refractivity contribution in [3.63, 3.8) is 0 Å². The molecule has 1 aromatic carbocycles. The van der Waals surface area contributed by atoms with Crippen molar-refractivity contribution in [1.82, 2.24) is 9.97 Å². The minimum atomic E-state index is -0.111. The maximum atomic E-state index is 12.8. The van der Waals surface area contributed by atoms with Crippen LogP contribution in [-0.4, -0.2) is 43.2 Å². The summed E-state index contributed by atoms with van der Waals surface area (Å²) in [5.74, 6) is 1.80. The van der Waals surface area contributed by atoms with Crippen LogP contribution in [0.25, 0.3) is 0 Å². The smallest absolute Gasteiger partial charge is 0.229 e. The molecule has 7 heteroatoms. The van der Waals surface area contributed by atoms with Crippen LogP contribution in [0.15, 0.2) is 30.6 Å². The predicted octanol–water partition coefficient (Wildman–Crippen LogP) is 2.66. The van der Waals surface area contributed by atoms with Crippen LogP contribution in [0.1, 0.15) is 18.4 Å². The summed E-state index contributed by atoms with van der Waals surface area (Å²) in [5, 5.41) is 3.04. The topological polar surface area (TPSA) is 76.6 Å². The van der Waals surface area contributed by atoms with Crippen molar-refractivity contribution in [2.75, 3.05) is 37.5 Å². The highest BCUT2D eigenvalue weighted by atomic mass is 16.5. The predicted molar refractivity (Wildman–Crippen MR) is 99.9 cm³/mol. The second-order valence-electron chi connectivity index (χ2n) is 6.35. The number of rotatable bonds is 5. The monoisotopic (exact) mass is 356 g/mol. The number of amides is 1. The van der Waals surface area contributed by atoms with Gasteiger partial charge in [-0.2, -0.15) is 0 Å². The Labute approximate surface area is 153 Å². The minimum absolute atomic E-state index is 0.000881. The van der Waals surface area contributed by atoms with Crippen LogP contribution in [0.3, 0.4) is 0 Å². The summed E-state index contributed by atoms with van der Waals surface area (Å²) in [7, 11) is 3.18. The van der Waals surface area contributed by atoms with Crippen molar-refractivity contribution >= 4 is 17.5 Å². The number of carbonyl (C=O) groups is 1. The van der Waals surface area contributed by atoms with E-state index in [1.165, 1.54) is 0 Å². The van der Waals surface area contributed by atoms with E-state index in [1.54, 1.807) is 38.7 Å². The molecule has 1 N–H and O–H groups in total. The number of ether oxygens (including phenoxy) is 2. The zero-order valence-electron chi connectivity index (χ0n) is 15.4. The van der Waals surface area contributed by atoms with Gasteiger partial charge in [-0.05, 0) is 37.5 Å². The van der Waals surface area contributed by atoms with Crippen LogP contribution in [0.2, 0.25) is 0 Å². The molecule has 1 amide bonds. The lowest BCUT2D eigenvalue weighted by Crippen LogP contribution is -2.41. The van der Waals surface area contributed by atoms with Gasteiger partial charge in [-0.1, -0.05) is 0 Å². The first-order valence-electron chi connectivity index (χ1n) is 8.68. The van der Waals surface area contributed by atoms with E-state index >= 15 is 0 Å². The van der Waals surface area contributed by atoms with Gasteiger partial charge in [0.15, 0.2) is 11.5 Å². The van der Waals surface area contributed by atoms with E-state index in [0.717, 1.165) is 30.6 Å². The molecule has 0 bridgehead atoms. The summed E-state index contributed by atoms with van der Waals surface area (Å²) in [6.07, 6.45) is 5.22. The molecule has 1 fully saturated rings. The second kappa shape index (κ2) is 8.03. The lowest BCUT2D eigenvalue weighted by Gasteiger charge is -2.32. The molecular weight excluding hydrogens is 332 g/mol. The summed E-state index contributed by atoms with van der Waals surface area (Å²) in [6, 6.07) is 5.45. The zero-order chi connectivity index (χ0) is 18.5. The molecule has 26 heavy (non-hydrogen) atoms. The Bertz CT molecular complexity index is 767. The lowest BCUT2D eigenvalue weighted by atomic mass is 9.97. The quantitative estimate of drug-likeness (QED) is 0.888. The number of hydrogen-bond donors (Lipinski definition) is 1. The largest absolute Gasteiger partial charge is 0.493 e. The van der Waals surface area contributed by atoms with E-state index in [-0.39, 0.29) is 11.8 Å². The van der Waals surface area contributed by atoms with E-state index in [0.29, 0.717) is 24.0 Å². The van der Waals surface area contributed by atoms with Crippen LogP contribution >= 0.6 is 0 Å². The highest BCUT2D eigenvalue weighted by Crippen LogP contribution is 2.33. The average Bonchev–Trinajstić information content (AvgIpc) is 2.69. The fourth-order valence-electron chi connectivity index (χ4n) is 3.18. The highest BCUT2D eigenvalue weighted by Gasteiger charge is 2.27. The molecule has 0 radical (unpaired) electrons. The average molecular weight is 356 g/mol. The molecule has 1 aromatic heterocycles. The number of nitrogens with zero attached hydrogens (tertiary/aromatic N) is 3. The van der Waals surface area contributed by atoms with Gasteiger partial charge in [0.2, 0.25) is 11.9 Å². The van der Waals surface area contributed by atoms with Gasteiger partial charge in [0, 0.05) is 37.2 Å². The Morgan fingerprint density at radius 1 is 1.19 bits per heavy atom. The normalized spacial score (nSPS) is 16.9. The van der Waals surface area contributed by atoms with Gasteiger partial charge in [0.1, 0.15) is 0 Å². The fraction of sp³-hybridized carbons (Fsp3) is 0.421. The number of aryl methyl sites for hydroxylation is 1. The lowest BCUT2D eigenvalue weighted by molar-refractivity contribution is -0.120. The van der Waals surface area contributed by atoms with Gasteiger partial charge in [-0.15, -0.1) is 0 Å². The SMILES string of the molecule is COc1cc(C)c(NC(=O)C2CCCN(c3ncccn3)C2)cc1OC. The van der Waals surface area contributed by atoms with Gasteiger partial charge in [0.25, 0.3) is 0 Å². The van der Waals surface area contributed by atoms with Gasteiger partial charge in [-0.25, -0.2) is 9.97 Å². The zero-order valence-corrected chi connectivity index (χ0v) is 15.4. The minimum Gasteiger partial charge on any atom is -0.493 e. The van der Waals surface area contributed by atoms with Gasteiger partial charge < -0.3 is 19.7 Å². The van der Waals surface area contributed by atoms with Gasteiger partial charge in [-0.3, -0.25) is 4.79 Å². The van der Waals surface area contributed by atoms with Crippen molar-refractivity contribution in [3.05, 3.63) is 36.2 Å². The summed E-state index contributed by atoms with van der Waals surface area (Å²) in [4.78, 5) is 23.4. The van der Waals surface area contributed by atoms with Gasteiger partial charge >= 0.3 is 0 Å². The molecule has 138 valence electrons.